The van der Waals surface area contributed by atoms with Crippen LogP contribution in [0.4, 0.5) is 11.4 Å². The van der Waals surface area contributed by atoms with E-state index < -0.39 is 0 Å². The number of hydrogen-bond donors (Lipinski definition) is 0. The average molecular weight is 336 g/mol. The third-order valence-corrected chi connectivity index (χ3v) is 5.00. The first-order chi connectivity index (χ1) is 12.0. The zero-order valence-corrected chi connectivity index (χ0v) is 14.6. The van der Waals surface area contributed by atoms with Crippen LogP contribution in [0, 0.1) is 6.92 Å². The summed E-state index contributed by atoms with van der Waals surface area (Å²) in [5.41, 5.74) is 3.95. The van der Waals surface area contributed by atoms with Crippen molar-refractivity contribution >= 4 is 22.4 Å². The monoisotopic (exact) mass is 336 g/mol. The Kier molecular flexibility index (Phi) is 3.49. The van der Waals surface area contributed by atoms with Gasteiger partial charge in [0.2, 0.25) is 0 Å². The van der Waals surface area contributed by atoms with Crippen LogP contribution in [-0.4, -0.2) is 20.7 Å². The summed E-state index contributed by atoms with van der Waals surface area (Å²) in [5.74, 6) is 0. The number of rotatable bonds is 1. The van der Waals surface area contributed by atoms with E-state index in [2.05, 4.69) is 22.0 Å². The fourth-order valence-corrected chi connectivity index (χ4v) is 3.72. The molecule has 0 aliphatic carbocycles. The Labute approximate surface area is 145 Å². The third-order valence-electron chi connectivity index (χ3n) is 5.00. The number of nitrogens with zero attached hydrogens (tertiary/aromatic N) is 4. The molecule has 3 heterocycles. The van der Waals surface area contributed by atoms with Gasteiger partial charge in [-0.2, -0.15) is 0 Å². The van der Waals surface area contributed by atoms with Crippen LogP contribution in [0.1, 0.15) is 17.5 Å². The van der Waals surface area contributed by atoms with E-state index in [0.717, 1.165) is 40.9 Å². The highest BCUT2D eigenvalue weighted by Crippen LogP contribution is 2.37. The van der Waals surface area contributed by atoms with Crippen molar-refractivity contribution in [1.82, 2.24) is 14.1 Å². The van der Waals surface area contributed by atoms with Crippen LogP contribution in [0.25, 0.3) is 11.0 Å². The van der Waals surface area contributed by atoms with Gasteiger partial charge >= 0.3 is 5.69 Å². The molecule has 0 fully saturated rings. The first kappa shape index (κ1) is 15.6. The van der Waals surface area contributed by atoms with Crippen LogP contribution in [0.3, 0.4) is 0 Å². The number of para-hydroxylation sites is 1. The largest absolute Gasteiger partial charge is 0.340 e. The van der Waals surface area contributed by atoms with E-state index in [4.69, 9.17) is 0 Å². The Hall–Kier alpha value is -2.89. The number of anilines is 2. The Morgan fingerprint density at radius 1 is 1.08 bits per heavy atom. The van der Waals surface area contributed by atoms with Crippen LogP contribution in [0.15, 0.2) is 40.1 Å². The zero-order valence-electron chi connectivity index (χ0n) is 14.6. The molecule has 0 atom stereocenters. The molecule has 0 radical (unpaired) electrons. The minimum absolute atomic E-state index is 0.299. The molecule has 1 aliphatic rings. The molecule has 1 aliphatic heterocycles. The van der Waals surface area contributed by atoms with Gasteiger partial charge in [0.25, 0.3) is 5.56 Å². The zero-order chi connectivity index (χ0) is 17.7. The van der Waals surface area contributed by atoms with Crippen molar-refractivity contribution in [1.29, 1.82) is 0 Å². The topological polar surface area (TPSA) is 60.1 Å². The highest BCUT2D eigenvalue weighted by Gasteiger charge is 2.24. The summed E-state index contributed by atoms with van der Waals surface area (Å²) in [6.45, 7) is 2.80. The standard InChI is InChI=1S/C19H20N4O2/c1-12-11-20-17-15(18(24)22(3)19(25)21(17)2)16(12)23-10-6-8-13-7-4-5-9-14(13)23/h4-5,7,9,11H,6,8,10H2,1-3H3. The van der Waals surface area contributed by atoms with E-state index in [0.29, 0.717) is 11.0 Å². The SMILES string of the molecule is Cc1cnc2c(c1N1CCCc3ccccc31)c(=O)n(C)c(=O)n2C. The van der Waals surface area contributed by atoms with Crippen LogP contribution < -0.4 is 16.1 Å². The fraction of sp³-hybridized carbons (Fsp3) is 0.316. The third kappa shape index (κ3) is 2.21. The summed E-state index contributed by atoms with van der Waals surface area (Å²) < 4.78 is 2.60. The first-order valence-corrected chi connectivity index (χ1v) is 8.41. The molecule has 0 N–H and O–H groups in total. The van der Waals surface area contributed by atoms with E-state index in [1.54, 1.807) is 13.2 Å². The van der Waals surface area contributed by atoms with Crippen LogP contribution in [-0.2, 0) is 20.5 Å². The van der Waals surface area contributed by atoms with E-state index in [1.165, 1.54) is 17.2 Å². The molecule has 25 heavy (non-hydrogen) atoms. The molecule has 2 aromatic heterocycles. The Morgan fingerprint density at radius 3 is 2.64 bits per heavy atom. The van der Waals surface area contributed by atoms with Gasteiger partial charge in [-0.15, -0.1) is 0 Å². The van der Waals surface area contributed by atoms with Gasteiger partial charge in [-0.3, -0.25) is 13.9 Å². The summed E-state index contributed by atoms with van der Waals surface area (Å²) in [4.78, 5) is 31.7. The molecule has 6 nitrogen and oxygen atoms in total. The lowest BCUT2D eigenvalue weighted by Crippen LogP contribution is -2.38. The average Bonchev–Trinajstić information content (AvgIpc) is 2.64. The smallest absolute Gasteiger partial charge is 0.332 e. The van der Waals surface area contributed by atoms with Gasteiger partial charge in [0.05, 0.1) is 5.69 Å². The van der Waals surface area contributed by atoms with Gasteiger partial charge in [-0.1, -0.05) is 18.2 Å². The lowest BCUT2D eigenvalue weighted by Gasteiger charge is -2.33. The predicted molar refractivity (Wildman–Crippen MR) is 98.7 cm³/mol. The summed E-state index contributed by atoms with van der Waals surface area (Å²) in [6.07, 6.45) is 3.80. The van der Waals surface area contributed by atoms with Gasteiger partial charge in [0.1, 0.15) is 5.39 Å². The molecule has 0 amide bonds. The molecular formula is C19H20N4O2. The maximum absolute atomic E-state index is 12.9. The Balaban J connectivity index is 2.12. The van der Waals surface area contributed by atoms with E-state index in [-0.39, 0.29) is 11.2 Å². The molecule has 0 spiro atoms. The second-order valence-corrected chi connectivity index (χ2v) is 6.58. The summed E-state index contributed by atoms with van der Waals surface area (Å²) in [7, 11) is 3.17. The van der Waals surface area contributed by atoms with Crippen molar-refractivity contribution in [2.24, 2.45) is 14.1 Å². The van der Waals surface area contributed by atoms with Crippen molar-refractivity contribution in [3.05, 3.63) is 62.4 Å². The highest BCUT2D eigenvalue weighted by molar-refractivity contribution is 5.93. The van der Waals surface area contributed by atoms with Gasteiger partial charge in [-0.25, -0.2) is 9.78 Å². The van der Waals surface area contributed by atoms with Crippen LogP contribution in [0.2, 0.25) is 0 Å². The maximum atomic E-state index is 12.9. The van der Waals surface area contributed by atoms with E-state index >= 15 is 0 Å². The lowest BCUT2D eigenvalue weighted by molar-refractivity contribution is 0.705. The summed E-state index contributed by atoms with van der Waals surface area (Å²) >= 11 is 0. The van der Waals surface area contributed by atoms with Crippen LogP contribution >= 0.6 is 0 Å². The molecule has 4 rings (SSSR count). The maximum Gasteiger partial charge on any atom is 0.332 e. The molecular weight excluding hydrogens is 316 g/mol. The van der Waals surface area contributed by atoms with E-state index in [1.807, 2.05) is 19.1 Å². The molecule has 0 saturated heterocycles. The minimum Gasteiger partial charge on any atom is -0.340 e. The molecule has 3 aromatic rings. The molecule has 0 saturated carbocycles. The van der Waals surface area contributed by atoms with Crippen molar-refractivity contribution in [2.45, 2.75) is 19.8 Å². The molecule has 0 bridgehead atoms. The van der Waals surface area contributed by atoms with Crippen LogP contribution in [0.5, 0.6) is 0 Å². The molecule has 128 valence electrons. The number of benzene rings is 1. The normalized spacial score (nSPS) is 14.0. The first-order valence-electron chi connectivity index (χ1n) is 8.41. The highest BCUT2D eigenvalue weighted by atomic mass is 16.2. The lowest BCUT2D eigenvalue weighted by atomic mass is 10.00. The van der Waals surface area contributed by atoms with Gasteiger partial charge < -0.3 is 4.90 Å². The molecule has 6 heteroatoms. The van der Waals surface area contributed by atoms with Gasteiger partial charge in [0.15, 0.2) is 5.65 Å². The van der Waals surface area contributed by atoms with E-state index in [9.17, 15) is 9.59 Å². The van der Waals surface area contributed by atoms with Crippen molar-refractivity contribution in [3.8, 4) is 0 Å². The van der Waals surface area contributed by atoms with Crippen molar-refractivity contribution in [3.63, 3.8) is 0 Å². The number of aromatic nitrogens is 3. The summed E-state index contributed by atoms with van der Waals surface area (Å²) in [5, 5.41) is 0.501. The quantitative estimate of drug-likeness (QED) is 0.682. The number of fused-ring (bicyclic) bond motifs is 2. The Morgan fingerprint density at radius 2 is 1.84 bits per heavy atom. The number of aryl methyl sites for hydroxylation is 3. The van der Waals surface area contributed by atoms with Gasteiger partial charge in [0, 0.05) is 32.5 Å². The molecule has 0 unspecified atom stereocenters. The summed E-state index contributed by atoms with van der Waals surface area (Å²) in [6, 6.07) is 8.28. The van der Waals surface area contributed by atoms with Crippen molar-refractivity contribution in [2.75, 3.05) is 11.4 Å². The minimum atomic E-state index is -0.362. The van der Waals surface area contributed by atoms with Gasteiger partial charge in [-0.05, 0) is 37.0 Å². The second kappa shape index (κ2) is 5.58. The number of hydrogen-bond acceptors (Lipinski definition) is 4. The Bertz CT molecular complexity index is 1110. The second-order valence-electron chi connectivity index (χ2n) is 6.58. The fourth-order valence-electron chi connectivity index (χ4n) is 3.72. The molecule has 1 aromatic carbocycles. The predicted octanol–water partition coefficient (Wildman–Crippen LogP) is 2.02. The van der Waals surface area contributed by atoms with Crippen molar-refractivity contribution < 1.29 is 0 Å². The number of pyridine rings is 1.